The molecule has 5 heteroatoms. The molecule has 1 fully saturated rings. The molecular formula is C15H16BrN3O. The molecule has 104 valence electrons. The van der Waals surface area contributed by atoms with Crippen molar-refractivity contribution in [2.24, 2.45) is 0 Å². The number of hydrogen-bond acceptors (Lipinski definition) is 3. The summed E-state index contributed by atoms with van der Waals surface area (Å²) in [5.41, 5.74) is -0.351. The highest BCUT2D eigenvalue weighted by molar-refractivity contribution is 9.10. The first-order chi connectivity index (χ1) is 9.54. The van der Waals surface area contributed by atoms with E-state index in [2.05, 4.69) is 26.2 Å². The first-order valence-corrected chi connectivity index (χ1v) is 7.36. The number of benzene rings is 1. The zero-order chi connectivity index (χ0) is 14.3. The zero-order valence-corrected chi connectivity index (χ0v) is 13.1. The number of fused-ring (bicyclic) bond motifs is 1. The Balaban J connectivity index is 1.96. The summed E-state index contributed by atoms with van der Waals surface area (Å²) in [5, 5.41) is 4.98. The van der Waals surface area contributed by atoms with Crippen LogP contribution in [0.2, 0.25) is 0 Å². The highest BCUT2D eigenvalue weighted by Gasteiger charge is 2.52. The summed E-state index contributed by atoms with van der Waals surface area (Å²) < 4.78 is 0.930. The Morgan fingerprint density at radius 3 is 2.55 bits per heavy atom. The van der Waals surface area contributed by atoms with E-state index in [4.69, 9.17) is 0 Å². The lowest BCUT2D eigenvalue weighted by atomic mass is 10.1. The predicted molar refractivity (Wildman–Crippen MR) is 83.7 cm³/mol. The van der Waals surface area contributed by atoms with Crippen LogP contribution in [0, 0.1) is 0 Å². The number of carbonyl (C=O) groups is 1. The molecular weight excluding hydrogens is 318 g/mol. The number of likely N-dealkylation sites (N-methyl/N-ethyl adjacent to an activating group) is 1. The summed E-state index contributed by atoms with van der Waals surface area (Å²) in [5.74, 6) is 0.657. The van der Waals surface area contributed by atoms with Gasteiger partial charge in [-0.3, -0.25) is 9.69 Å². The highest BCUT2D eigenvalue weighted by Crippen LogP contribution is 2.41. The number of halogens is 1. The summed E-state index contributed by atoms with van der Waals surface area (Å²) in [4.78, 5) is 18.8. The Morgan fingerprint density at radius 2 is 1.95 bits per heavy atom. The maximum atomic E-state index is 12.5. The quantitative estimate of drug-likeness (QED) is 0.938. The summed E-state index contributed by atoms with van der Waals surface area (Å²) in [7, 11) is 3.89. The van der Waals surface area contributed by atoms with Crippen LogP contribution in [-0.4, -0.2) is 35.4 Å². The molecule has 0 atom stereocenters. The van der Waals surface area contributed by atoms with E-state index in [-0.39, 0.29) is 11.4 Å². The Hall–Kier alpha value is -1.46. The summed E-state index contributed by atoms with van der Waals surface area (Å²) >= 11 is 3.49. The smallest absolute Gasteiger partial charge is 0.246 e. The van der Waals surface area contributed by atoms with Crippen molar-refractivity contribution in [1.82, 2.24) is 9.88 Å². The van der Waals surface area contributed by atoms with Crippen LogP contribution in [0.1, 0.15) is 12.8 Å². The van der Waals surface area contributed by atoms with E-state index < -0.39 is 0 Å². The zero-order valence-electron chi connectivity index (χ0n) is 11.5. The lowest BCUT2D eigenvalue weighted by Gasteiger charge is -2.22. The number of nitrogens with zero attached hydrogens (tertiary/aromatic N) is 2. The number of aromatic nitrogens is 1. The summed E-state index contributed by atoms with van der Waals surface area (Å²) in [6.07, 6.45) is 3.54. The SMILES string of the molecule is CN(C)C1(C(=O)Nc2ncc(Br)c3ccccc23)CC1. The molecule has 1 amide bonds. The molecule has 1 saturated carbocycles. The Bertz CT molecular complexity index is 680. The van der Waals surface area contributed by atoms with E-state index in [0.29, 0.717) is 5.82 Å². The van der Waals surface area contributed by atoms with Crippen LogP contribution in [0.15, 0.2) is 34.9 Å². The minimum atomic E-state index is -0.351. The molecule has 0 aliphatic heterocycles. The maximum absolute atomic E-state index is 12.5. The number of amides is 1. The van der Waals surface area contributed by atoms with Gasteiger partial charge in [0.25, 0.3) is 0 Å². The third kappa shape index (κ3) is 2.11. The number of anilines is 1. The minimum Gasteiger partial charge on any atom is -0.309 e. The van der Waals surface area contributed by atoms with Gasteiger partial charge >= 0.3 is 0 Å². The second kappa shape index (κ2) is 4.82. The largest absolute Gasteiger partial charge is 0.309 e. The number of carbonyl (C=O) groups excluding carboxylic acids is 1. The molecule has 20 heavy (non-hydrogen) atoms. The van der Waals surface area contributed by atoms with Crippen LogP contribution < -0.4 is 5.32 Å². The van der Waals surface area contributed by atoms with Gasteiger partial charge in [-0.2, -0.15) is 0 Å². The van der Waals surface area contributed by atoms with E-state index in [1.54, 1.807) is 6.20 Å². The van der Waals surface area contributed by atoms with Gasteiger partial charge in [0.05, 0.1) is 0 Å². The number of rotatable bonds is 3. The standard InChI is InChI=1S/C15H16BrN3O/c1-19(2)15(7-8-15)14(20)18-13-11-6-4-3-5-10(11)12(16)9-17-13/h3-6,9H,7-8H2,1-2H3,(H,17,18,20). The molecule has 1 heterocycles. The van der Waals surface area contributed by atoms with Crippen molar-refractivity contribution in [3.05, 3.63) is 34.9 Å². The molecule has 3 rings (SSSR count). The fraction of sp³-hybridized carbons (Fsp3) is 0.333. The topological polar surface area (TPSA) is 45.2 Å². The molecule has 0 unspecified atom stereocenters. The van der Waals surface area contributed by atoms with Crippen molar-refractivity contribution in [3.8, 4) is 0 Å². The Kier molecular flexibility index (Phi) is 3.26. The molecule has 4 nitrogen and oxygen atoms in total. The average molecular weight is 334 g/mol. The number of pyridine rings is 1. The van der Waals surface area contributed by atoms with Crippen molar-refractivity contribution >= 4 is 38.4 Å². The second-order valence-corrected chi connectivity index (χ2v) is 6.23. The molecule has 0 saturated heterocycles. The van der Waals surface area contributed by atoms with Gasteiger partial charge in [0.15, 0.2) is 0 Å². The van der Waals surface area contributed by atoms with Crippen molar-refractivity contribution in [2.45, 2.75) is 18.4 Å². The Morgan fingerprint density at radius 1 is 1.30 bits per heavy atom. The minimum absolute atomic E-state index is 0.0301. The van der Waals surface area contributed by atoms with Crippen LogP contribution >= 0.6 is 15.9 Å². The Labute approximate surface area is 126 Å². The molecule has 0 radical (unpaired) electrons. The first-order valence-electron chi connectivity index (χ1n) is 6.57. The van der Waals surface area contributed by atoms with E-state index in [0.717, 1.165) is 28.1 Å². The number of hydrogen-bond donors (Lipinski definition) is 1. The van der Waals surface area contributed by atoms with E-state index >= 15 is 0 Å². The van der Waals surface area contributed by atoms with Crippen LogP contribution in [0.4, 0.5) is 5.82 Å². The van der Waals surface area contributed by atoms with E-state index in [1.807, 2.05) is 43.3 Å². The molecule has 1 aliphatic rings. The van der Waals surface area contributed by atoms with Gasteiger partial charge in [-0.1, -0.05) is 24.3 Å². The van der Waals surface area contributed by atoms with Gasteiger partial charge < -0.3 is 5.32 Å². The summed E-state index contributed by atoms with van der Waals surface area (Å²) in [6, 6.07) is 7.90. The molecule has 1 aromatic carbocycles. The molecule has 1 aliphatic carbocycles. The molecule has 0 spiro atoms. The summed E-state index contributed by atoms with van der Waals surface area (Å²) in [6.45, 7) is 0. The third-order valence-electron chi connectivity index (χ3n) is 3.98. The van der Waals surface area contributed by atoms with Gasteiger partial charge in [0.2, 0.25) is 5.91 Å². The van der Waals surface area contributed by atoms with Gasteiger partial charge in [0.1, 0.15) is 11.4 Å². The van der Waals surface area contributed by atoms with Crippen LogP contribution in [0.5, 0.6) is 0 Å². The van der Waals surface area contributed by atoms with Gasteiger partial charge in [-0.25, -0.2) is 4.98 Å². The fourth-order valence-corrected chi connectivity index (χ4v) is 2.93. The average Bonchev–Trinajstić information content (AvgIpc) is 3.24. The number of nitrogens with one attached hydrogen (secondary N) is 1. The lowest BCUT2D eigenvalue weighted by Crippen LogP contribution is -2.42. The molecule has 1 N–H and O–H groups in total. The van der Waals surface area contributed by atoms with Crippen LogP contribution in [-0.2, 0) is 4.79 Å². The first kappa shape index (κ1) is 13.5. The molecule has 1 aromatic heterocycles. The van der Waals surface area contributed by atoms with Crippen LogP contribution in [0.3, 0.4) is 0 Å². The predicted octanol–water partition coefficient (Wildman–Crippen LogP) is 3.03. The second-order valence-electron chi connectivity index (χ2n) is 5.38. The highest BCUT2D eigenvalue weighted by atomic mass is 79.9. The van der Waals surface area contributed by atoms with Gasteiger partial charge in [-0.15, -0.1) is 0 Å². The van der Waals surface area contributed by atoms with Crippen LogP contribution in [0.25, 0.3) is 10.8 Å². The van der Waals surface area contributed by atoms with Crippen molar-refractivity contribution in [1.29, 1.82) is 0 Å². The van der Waals surface area contributed by atoms with Crippen molar-refractivity contribution in [3.63, 3.8) is 0 Å². The maximum Gasteiger partial charge on any atom is 0.246 e. The van der Waals surface area contributed by atoms with E-state index in [9.17, 15) is 4.79 Å². The molecule has 2 aromatic rings. The monoisotopic (exact) mass is 333 g/mol. The third-order valence-corrected chi connectivity index (χ3v) is 4.61. The lowest BCUT2D eigenvalue weighted by molar-refractivity contribution is -0.121. The van der Waals surface area contributed by atoms with Crippen molar-refractivity contribution < 1.29 is 4.79 Å². The fourth-order valence-electron chi connectivity index (χ4n) is 2.48. The van der Waals surface area contributed by atoms with Gasteiger partial charge in [-0.05, 0) is 42.9 Å². The molecule has 0 bridgehead atoms. The van der Waals surface area contributed by atoms with Gasteiger partial charge in [0, 0.05) is 21.4 Å². The van der Waals surface area contributed by atoms with E-state index in [1.165, 1.54) is 0 Å². The van der Waals surface area contributed by atoms with Crippen molar-refractivity contribution in [2.75, 3.05) is 19.4 Å². The normalized spacial score (nSPS) is 16.4.